The number of halogens is 1. The van der Waals surface area contributed by atoms with Gasteiger partial charge in [0, 0.05) is 10.9 Å². The summed E-state index contributed by atoms with van der Waals surface area (Å²) < 4.78 is 5.39. The predicted molar refractivity (Wildman–Crippen MR) is 87.6 cm³/mol. The molecular formula is C17H23BrN2O3. The Morgan fingerprint density at radius 2 is 1.96 bits per heavy atom. The number of nitrogens with one attached hydrogen (secondary N) is 1. The highest BCUT2D eigenvalue weighted by atomic mass is 79.9. The van der Waals surface area contributed by atoms with E-state index in [4.69, 9.17) is 10.00 Å². The molecule has 4 fully saturated rings. The molecule has 2 atom stereocenters. The van der Waals surface area contributed by atoms with Crippen molar-refractivity contribution < 1.29 is 14.3 Å². The van der Waals surface area contributed by atoms with Crippen molar-refractivity contribution in [2.24, 2.45) is 17.3 Å². The first-order valence-electron chi connectivity index (χ1n) is 8.40. The van der Waals surface area contributed by atoms with Crippen molar-refractivity contribution in [3.05, 3.63) is 0 Å². The largest absolute Gasteiger partial charge is 0.456 e. The third-order valence-electron chi connectivity index (χ3n) is 5.55. The molecule has 0 heterocycles. The monoisotopic (exact) mass is 382 g/mol. The van der Waals surface area contributed by atoms with Crippen molar-refractivity contribution in [2.45, 2.75) is 55.7 Å². The van der Waals surface area contributed by atoms with Gasteiger partial charge in [0.15, 0.2) is 6.61 Å². The third kappa shape index (κ3) is 3.88. The normalized spacial score (nSPS) is 37.2. The zero-order chi connectivity index (χ0) is 16.5. The molecule has 0 saturated heterocycles. The van der Waals surface area contributed by atoms with Gasteiger partial charge in [-0.25, -0.2) is 0 Å². The first kappa shape index (κ1) is 16.8. The summed E-state index contributed by atoms with van der Waals surface area (Å²) in [7, 11) is 0. The Hall–Kier alpha value is -1.09. The van der Waals surface area contributed by atoms with Crippen LogP contribution in [0.5, 0.6) is 0 Å². The molecule has 0 aliphatic heterocycles. The SMILES string of the molecule is N#CCCNC(=O)COC(=O)CC12C[C@H]3C[C@@H](CC(Br)(C3)C1)C2. The summed E-state index contributed by atoms with van der Waals surface area (Å²) in [6, 6.07) is 1.95. The maximum atomic E-state index is 12.2. The van der Waals surface area contributed by atoms with Crippen molar-refractivity contribution in [3.8, 4) is 6.07 Å². The van der Waals surface area contributed by atoms with Crippen molar-refractivity contribution >= 4 is 27.8 Å². The van der Waals surface area contributed by atoms with E-state index in [1.165, 1.54) is 19.3 Å². The van der Waals surface area contributed by atoms with Crippen molar-refractivity contribution in [1.82, 2.24) is 5.32 Å². The average Bonchev–Trinajstić information content (AvgIpc) is 2.42. The molecule has 0 aromatic heterocycles. The second kappa shape index (κ2) is 6.43. The van der Waals surface area contributed by atoms with Crippen LogP contribution in [0, 0.1) is 28.6 Å². The Morgan fingerprint density at radius 3 is 2.57 bits per heavy atom. The maximum Gasteiger partial charge on any atom is 0.306 e. The van der Waals surface area contributed by atoms with Crippen molar-refractivity contribution in [1.29, 1.82) is 5.26 Å². The van der Waals surface area contributed by atoms with E-state index in [1.54, 1.807) is 0 Å². The van der Waals surface area contributed by atoms with Gasteiger partial charge >= 0.3 is 5.97 Å². The molecule has 23 heavy (non-hydrogen) atoms. The van der Waals surface area contributed by atoms with E-state index >= 15 is 0 Å². The lowest BCUT2D eigenvalue weighted by Crippen LogP contribution is -2.53. The summed E-state index contributed by atoms with van der Waals surface area (Å²) in [6.45, 7) is 0.0545. The molecule has 6 heteroatoms. The molecule has 126 valence electrons. The minimum atomic E-state index is -0.337. The number of nitriles is 1. The lowest BCUT2D eigenvalue weighted by atomic mass is 9.49. The molecule has 0 radical (unpaired) electrons. The second-order valence-electron chi connectivity index (χ2n) is 7.71. The van der Waals surface area contributed by atoms with Gasteiger partial charge in [0.2, 0.25) is 0 Å². The van der Waals surface area contributed by atoms with Gasteiger partial charge in [0.25, 0.3) is 5.91 Å². The fourth-order valence-corrected chi connectivity index (χ4v) is 6.87. The number of alkyl halides is 1. The van der Waals surface area contributed by atoms with E-state index < -0.39 is 0 Å². The van der Waals surface area contributed by atoms with Crippen LogP contribution in [0.3, 0.4) is 0 Å². The number of esters is 1. The minimum absolute atomic E-state index is 0.0714. The fourth-order valence-electron chi connectivity index (χ4n) is 5.35. The van der Waals surface area contributed by atoms with Crippen LogP contribution >= 0.6 is 15.9 Å². The topological polar surface area (TPSA) is 79.2 Å². The smallest absolute Gasteiger partial charge is 0.306 e. The maximum absolute atomic E-state index is 12.2. The van der Waals surface area contributed by atoms with Gasteiger partial charge in [-0.1, -0.05) is 15.9 Å². The van der Waals surface area contributed by atoms with E-state index in [0.29, 0.717) is 13.0 Å². The molecule has 0 spiro atoms. The van der Waals surface area contributed by atoms with Gasteiger partial charge in [0.05, 0.1) is 18.9 Å². The van der Waals surface area contributed by atoms with Gasteiger partial charge in [-0.15, -0.1) is 0 Å². The first-order valence-corrected chi connectivity index (χ1v) is 9.20. The lowest BCUT2D eigenvalue weighted by Gasteiger charge is -2.60. The van der Waals surface area contributed by atoms with Crippen LogP contribution in [0.2, 0.25) is 0 Å². The van der Waals surface area contributed by atoms with E-state index in [1.807, 2.05) is 6.07 Å². The minimum Gasteiger partial charge on any atom is -0.456 e. The molecule has 4 aliphatic carbocycles. The number of ether oxygens (including phenoxy) is 1. The van der Waals surface area contributed by atoms with Gasteiger partial charge in [-0.05, 0) is 55.8 Å². The highest BCUT2D eigenvalue weighted by Gasteiger charge is 2.57. The Morgan fingerprint density at radius 1 is 1.26 bits per heavy atom. The van der Waals surface area contributed by atoms with Gasteiger partial charge in [-0.2, -0.15) is 5.26 Å². The van der Waals surface area contributed by atoms with Crippen LogP contribution in [-0.2, 0) is 14.3 Å². The summed E-state index contributed by atoms with van der Waals surface area (Å²) in [5, 5.41) is 11.0. The Labute approximate surface area is 145 Å². The van der Waals surface area contributed by atoms with Crippen molar-refractivity contribution in [2.75, 3.05) is 13.2 Å². The molecule has 1 amide bonds. The number of amides is 1. The summed E-state index contributed by atoms with van der Waals surface area (Å²) in [4.78, 5) is 23.7. The van der Waals surface area contributed by atoms with Crippen LogP contribution in [0.25, 0.3) is 0 Å². The predicted octanol–water partition coefficient (Wildman–Crippen LogP) is 2.68. The molecule has 1 N–H and O–H groups in total. The molecule has 4 aliphatic rings. The first-order chi connectivity index (χ1) is 10.9. The van der Waals surface area contributed by atoms with Crippen LogP contribution in [0.15, 0.2) is 0 Å². The summed E-state index contributed by atoms with van der Waals surface area (Å²) in [5.41, 5.74) is 0.0714. The number of hydrogen-bond acceptors (Lipinski definition) is 4. The fraction of sp³-hybridized carbons (Fsp3) is 0.824. The van der Waals surface area contributed by atoms with E-state index in [2.05, 4.69) is 21.2 Å². The zero-order valence-corrected chi connectivity index (χ0v) is 14.9. The second-order valence-corrected chi connectivity index (χ2v) is 9.39. The standard InChI is InChI=1S/C17H23BrN2O3/c18-17-7-12-4-13(8-17)6-16(5-12,11-17)9-15(22)23-10-14(21)20-3-1-2-19/h12-13H,1,3-11H2,(H,20,21)/t12-,13-,16?,17?/m1/s1. The summed E-state index contributed by atoms with van der Waals surface area (Å²) in [6.07, 6.45) is 7.78. The van der Waals surface area contributed by atoms with E-state index in [9.17, 15) is 9.59 Å². The molecule has 0 unspecified atom stereocenters. The number of carbonyl (C=O) groups excluding carboxylic acids is 2. The van der Waals surface area contributed by atoms with Gasteiger partial charge in [0.1, 0.15) is 0 Å². The highest BCUT2D eigenvalue weighted by Crippen LogP contribution is 2.65. The Kier molecular flexibility index (Phi) is 4.68. The van der Waals surface area contributed by atoms with E-state index in [-0.39, 0.29) is 34.6 Å². The van der Waals surface area contributed by atoms with Gasteiger partial charge in [-0.3, -0.25) is 9.59 Å². The molecule has 4 rings (SSSR count). The van der Waals surface area contributed by atoms with Crippen LogP contribution < -0.4 is 5.32 Å². The van der Waals surface area contributed by atoms with Crippen LogP contribution in [0.4, 0.5) is 0 Å². The molecular weight excluding hydrogens is 360 g/mol. The Bertz CT molecular complexity index is 528. The third-order valence-corrected chi connectivity index (χ3v) is 6.48. The number of nitrogens with zero attached hydrogens (tertiary/aromatic N) is 1. The van der Waals surface area contributed by atoms with E-state index in [0.717, 1.165) is 31.1 Å². The Balaban J connectivity index is 1.49. The zero-order valence-electron chi connectivity index (χ0n) is 13.3. The number of carbonyl (C=O) groups is 2. The highest BCUT2D eigenvalue weighted by molar-refractivity contribution is 9.10. The average molecular weight is 383 g/mol. The van der Waals surface area contributed by atoms with Crippen LogP contribution in [-0.4, -0.2) is 29.4 Å². The molecule has 0 aromatic carbocycles. The summed E-state index contributed by atoms with van der Waals surface area (Å²) in [5.74, 6) is 0.866. The quantitative estimate of drug-likeness (QED) is 0.435. The summed E-state index contributed by atoms with van der Waals surface area (Å²) >= 11 is 3.94. The number of rotatable bonds is 6. The van der Waals surface area contributed by atoms with Crippen molar-refractivity contribution in [3.63, 3.8) is 0 Å². The molecule has 0 aromatic rings. The van der Waals surface area contributed by atoms with Gasteiger partial charge < -0.3 is 10.1 Å². The lowest BCUT2D eigenvalue weighted by molar-refractivity contribution is -0.154. The molecule has 4 saturated carbocycles. The van der Waals surface area contributed by atoms with Crippen LogP contribution in [0.1, 0.15) is 51.4 Å². The molecule has 5 nitrogen and oxygen atoms in total. The number of hydrogen-bond donors (Lipinski definition) is 1. The molecule has 4 bridgehead atoms.